The Morgan fingerprint density at radius 3 is 2.85 bits per heavy atom. The summed E-state index contributed by atoms with van der Waals surface area (Å²) < 4.78 is 9.70. The molecule has 0 amide bonds. The van der Waals surface area contributed by atoms with Gasteiger partial charge in [-0.2, -0.15) is 0 Å². The van der Waals surface area contributed by atoms with Crippen LogP contribution in [0.4, 0.5) is 11.5 Å². The summed E-state index contributed by atoms with van der Waals surface area (Å²) in [6.07, 6.45) is 2.98. The van der Waals surface area contributed by atoms with Crippen molar-refractivity contribution in [2.45, 2.75) is 0 Å². The Balaban J connectivity index is 1.95. The highest BCUT2D eigenvalue weighted by Gasteiger charge is 2.11. The zero-order valence-corrected chi connectivity index (χ0v) is 10.2. The quantitative estimate of drug-likeness (QED) is 0.542. The molecule has 0 aliphatic heterocycles. The van der Waals surface area contributed by atoms with Crippen molar-refractivity contribution in [2.24, 2.45) is 10.7 Å². The summed E-state index contributed by atoms with van der Waals surface area (Å²) in [5.74, 6) is 0.861. The lowest BCUT2D eigenvalue weighted by Gasteiger charge is -2.00. The van der Waals surface area contributed by atoms with Gasteiger partial charge in [-0.15, -0.1) is 0 Å². The van der Waals surface area contributed by atoms with E-state index in [9.17, 15) is 0 Å². The van der Waals surface area contributed by atoms with Crippen molar-refractivity contribution < 1.29 is 9.05 Å². The van der Waals surface area contributed by atoms with Crippen LogP contribution in [-0.2, 0) is 0 Å². The molecule has 0 bridgehead atoms. The van der Waals surface area contributed by atoms with Crippen molar-refractivity contribution in [3.8, 4) is 11.3 Å². The van der Waals surface area contributed by atoms with E-state index in [1.807, 2.05) is 12.1 Å². The zero-order chi connectivity index (χ0) is 13.9. The van der Waals surface area contributed by atoms with Crippen molar-refractivity contribution in [2.75, 3.05) is 5.73 Å². The van der Waals surface area contributed by atoms with Crippen LogP contribution in [0.25, 0.3) is 11.3 Å². The molecular formula is C12H10N6O2. The van der Waals surface area contributed by atoms with Crippen molar-refractivity contribution in [1.82, 2.24) is 15.3 Å². The predicted octanol–water partition coefficient (Wildman–Crippen LogP) is 1.34. The summed E-state index contributed by atoms with van der Waals surface area (Å²) in [5.41, 5.74) is 13.0. The molecule has 2 aromatic heterocycles. The van der Waals surface area contributed by atoms with Crippen molar-refractivity contribution in [3.05, 3.63) is 42.5 Å². The van der Waals surface area contributed by atoms with E-state index in [0.717, 1.165) is 5.56 Å². The number of hydrogen-bond donors (Lipinski definition) is 2. The van der Waals surface area contributed by atoms with Gasteiger partial charge in [-0.25, -0.2) is 14.6 Å². The van der Waals surface area contributed by atoms with Crippen LogP contribution in [0.1, 0.15) is 5.69 Å². The minimum atomic E-state index is 0.0950. The predicted molar refractivity (Wildman–Crippen MR) is 71.0 cm³/mol. The first-order chi connectivity index (χ1) is 9.74. The van der Waals surface area contributed by atoms with E-state index in [1.165, 1.54) is 6.39 Å². The van der Waals surface area contributed by atoms with E-state index >= 15 is 0 Å². The van der Waals surface area contributed by atoms with E-state index in [-0.39, 0.29) is 17.3 Å². The Labute approximate surface area is 113 Å². The maximum Gasteiger partial charge on any atom is 0.199 e. The molecule has 0 atom stereocenters. The van der Waals surface area contributed by atoms with Gasteiger partial charge in [0.1, 0.15) is 0 Å². The first-order valence-electron chi connectivity index (χ1n) is 5.65. The van der Waals surface area contributed by atoms with Crippen LogP contribution in [-0.4, -0.2) is 21.1 Å². The smallest absolute Gasteiger partial charge is 0.199 e. The SMILES string of the molecule is NC(=Nc1cccc(-c2cnco2)c1)c1nonc1N. The topological polar surface area (TPSA) is 129 Å². The number of hydrogen-bond acceptors (Lipinski definition) is 7. The third-order valence-electron chi connectivity index (χ3n) is 2.57. The molecule has 0 spiro atoms. The van der Waals surface area contributed by atoms with Gasteiger partial charge in [-0.1, -0.05) is 12.1 Å². The molecule has 0 unspecified atom stereocenters. The van der Waals surface area contributed by atoms with Crippen LogP contribution in [0.3, 0.4) is 0 Å². The second-order valence-electron chi connectivity index (χ2n) is 3.91. The minimum Gasteiger partial charge on any atom is -0.444 e. The lowest BCUT2D eigenvalue weighted by Crippen LogP contribution is -2.15. The minimum absolute atomic E-state index is 0.0950. The van der Waals surface area contributed by atoms with Crippen molar-refractivity contribution in [1.29, 1.82) is 0 Å². The number of nitrogen functional groups attached to an aromatic ring is 1. The number of rotatable bonds is 3. The third-order valence-corrected chi connectivity index (χ3v) is 2.57. The maximum absolute atomic E-state index is 5.81. The fourth-order valence-electron chi connectivity index (χ4n) is 1.65. The molecule has 8 nitrogen and oxygen atoms in total. The fourth-order valence-corrected chi connectivity index (χ4v) is 1.65. The van der Waals surface area contributed by atoms with Gasteiger partial charge in [0, 0.05) is 5.56 Å². The largest absolute Gasteiger partial charge is 0.444 e. The number of nitrogens with two attached hydrogens (primary N) is 2. The van der Waals surface area contributed by atoms with Gasteiger partial charge in [0.15, 0.2) is 29.5 Å². The second kappa shape index (κ2) is 4.84. The maximum atomic E-state index is 5.81. The van der Waals surface area contributed by atoms with Gasteiger partial charge in [0.25, 0.3) is 0 Å². The van der Waals surface area contributed by atoms with Crippen LogP contribution < -0.4 is 11.5 Å². The highest BCUT2D eigenvalue weighted by atomic mass is 16.6. The van der Waals surface area contributed by atoms with E-state index in [4.69, 9.17) is 15.9 Å². The van der Waals surface area contributed by atoms with Crippen molar-refractivity contribution >= 4 is 17.3 Å². The number of nitrogens with zero attached hydrogens (tertiary/aromatic N) is 4. The molecule has 1 aromatic carbocycles. The summed E-state index contributed by atoms with van der Waals surface area (Å²) in [5, 5.41) is 7.03. The highest BCUT2D eigenvalue weighted by Crippen LogP contribution is 2.24. The molecule has 0 fully saturated rings. The first kappa shape index (κ1) is 11.9. The summed E-state index contributed by atoms with van der Waals surface area (Å²) >= 11 is 0. The molecule has 0 radical (unpaired) electrons. The van der Waals surface area contributed by atoms with Gasteiger partial charge in [-0.05, 0) is 22.4 Å². The molecule has 3 aromatic rings. The zero-order valence-electron chi connectivity index (χ0n) is 10.2. The summed E-state index contributed by atoms with van der Waals surface area (Å²) in [7, 11) is 0. The normalized spacial score (nSPS) is 11.7. The Kier molecular flexibility index (Phi) is 2.88. The molecule has 3 rings (SSSR count). The highest BCUT2D eigenvalue weighted by molar-refractivity contribution is 6.00. The van der Waals surface area contributed by atoms with E-state index in [1.54, 1.807) is 18.3 Å². The molecule has 0 aliphatic carbocycles. The van der Waals surface area contributed by atoms with E-state index in [2.05, 4.69) is 24.9 Å². The van der Waals surface area contributed by atoms with Crippen LogP contribution in [0.15, 0.2) is 50.9 Å². The van der Waals surface area contributed by atoms with Crippen LogP contribution >= 0.6 is 0 Å². The average molecular weight is 270 g/mol. The molecule has 4 N–H and O–H groups in total. The van der Waals surface area contributed by atoms with Crippen LogP contribution in [0, 0.1) is 0 Å². The second-order valence-corrected chi connectivity index (χ2v) is 3.91. The van der Waals surface area contributed by atoms with Crippen LogP contribution in [0.2, 0.25) is 0 Å². The number of benzene rings is 1. The number of amidine groups is 1. The Morgan fingerprint density at radius 2 is 2.15 bits per heavy atom. The molecule has 0 saturated heterocycles. The standard InChI is InChI=1S/C12H10N6O2/c13-11(10-12(14)18-20-17-10)16-8-3-1-2-7(4-8)9-5-15-6-19-9/h1-6H,(H2,13,16)(H2,14,18). The molecular weight excluding hydrogens is 260 g/mol. The average Bonchev–Trinajstić information content (AvgIpc) is 3.09. The van der Waals surface area contributed by atoms with Gasteiger partial charge < -0.3 is 15.9 Å². The summed E-state index contributed by atoms with van der Waals surface area (Å²) in [6.45, 7) is 0. The van der Waals surface area contributed by atoms with Crippen molar-refractivity contribution in [3.63, 3.8) is 0 Å². The molecule has 0 saturated carbocycles. The van der Waals surface area contributed by atoms with Gasteiger partial charge in [0.2, 0.25) is 0 Å². The lowest BCUT2D eigenvalue weighted by molar-refractivity contribution is 0.308. The molecule has 0 aliphatic rings. The van der Waals surface area contributed by atoms with Crippen LogP contribution in [0.5, 0.6) is 0 Å². The molecule has 8 heteroatoms. The van der Waals surface area contributed by atoms with E-state index < -0.39 is 0 Å². The Morgan fingerprint density at radius 1 is 1.25 bits per heavy atom. The number of anilines is 1. The monoisotopic (exact) mass is 270 g/mol. The number of aromatic nitrogens is 3. The number of oxazole rings is 1. The van der Waals surface area contributed by atoms with Gasteiger partial charge in [-0.3, -0.25) is 0 Å². The fraction of sp³-hybridized carbons (Fsp3) is 0. The first-order valence-corrected chi connectivity index (χ1v) is 5.65. The summed E-state index contributed by atoms with van der Waals surface area (Å²) in [4.78, 5) is 8.09. The number of aliphatic imine (C=N–C) groups is 1. The Hall–Kier alpha value is -3.16. The lowest BCUT2D eigenvalue weighted by atomic mass is 10.1. The molecule has 100 valence electrons. The summed E-state index contributed by atoms with van der Waals surface area (Å²) in [6, 6.07) is 7.30. The molecule has 2 heterocycles. The molecule has 20 heavy (non-hydrogen) atoms. The third kappa shape index (κ3) is 2.21. The van der Waals surface area contributed by atoms with Gasteiger partial charge in [0.05, 0.1) is 11.9 Å². The Bertz CT molecular complexity index is 747. The van der Waals surface area contributed by atoms with Gasteiger partial charge >= 0.3 is 0 Å². The van der Waals surface area contributed by atoms with E-state index in [0.29, 0.717) is 11.4 Å².